The zero-order chi connectivity index (χ0) is 16.8. The molecule has 5 nitrogen and oxygen atoms in total. The number of rotatable bonds is 6. The lowest BCUT2D eigenvalue weighted by Gasteiger charge is -2.30. The fraction of sp³-hybridized carbons (Fsp3) is 0.556. The van der Waals surface area contributed by atoms with E-state index in [0.29, 0.717) is 18.7 Å². The molecule has 1 atom stereocenters. The molecule has 1 heterocycles. The van der Waals surface area contributed by atoms with Crippen LogP contribution in [-0.2, 0) is 9.59 Å². The van der Waals surface area contributed by atoms with Crippen molar-refractivity contribution in [2.24, 2.45) is 0 Å². The standard InChI is InChI=1S/C18H27N3O2/c1-4-6-11-20(5-2)13-18(23)21-14(3)12-17(22)19-15-9-7-8-10-16(15)21/h7-10,14H,4-6,11-13H2,1-3H3,(H,19,22). The Kier molecular flexibility index (Phi) is 6.16. The summed E-state index contributed by atoms with van der Waals surface area (Å²) in [6, 6.07) is 7.38. The van der Waals surface area contributed by atoms with Gasteiger partial charge in [0.15, 0.2) is 0 Å². The molecular formula is C18H27N3O2. The van der Waals surface area contributed by atoms with Crippen molar-refractivity contribution in [2.45, 2.75) is 46.1 Å². The number of nitrogens with one attached hydrogen (secondary N) is 1. The highest BCUT2D eigenvalue weighted by atomic mass is 16.2. The zero-order valence-electron chi connectivity index (χ0n) is 14.3. The highest BCUT2D eigenvalue weighted by Gasteiger charge is 2.29. The van der Waals surface area contributed by atoms with E-state index in [9.17, 15) is 9.59 Å². The van der Waals surface area contributed by atoms with E-state index in [1.165, 1.54) is 0 Å². The van der Waals surface area contributed by atoms with Crippen LogP contribution in [0.5, 0.6) is 0 Å². The SMILES string of the molecule is CCCCN(CC)CC(=O)N1c2ccccc2NC(=O)CC1C. The lowest BCUT2D eigenvalue weighted by molar-refractivity contribution is -0.120. The van der Waals surface area contributed by atoms with Gasteiger partial charge in [-0.2, -0.15) is 0 Å². The van der Waals surface area contributed by atoms with Crippen LogP contribution in [0.3, 0.4) is 0 Å². The summed E-state index contributed by atoms with van der Waals surface area (Å²) in [6.07, 6.45) is 2.53. The molecule has 126 valence electrons. The Morgan fingerprint density at radius 1 is 1.35 bits per heavy atom. The van der Waals surface area contributed by atoms with Crippen LogP contribution in [0.2, 0.25) is 0 Å². The number of unbranched alkanes of at least 4 members (excludes halogenated alkanes) is 1. The molecule has 5 heteroatoms. The van der Waals surface area contributed by atoms with Gasteiger partial charge in [-0.05, 0) is 38.6 Å². The summed E-state index contributed by atoms with van der Waals surface area (Å²) in [4.78, 5) is 28.8. The van der Waals surface area contributed by atoms with Gasteiger partial charge < -0.3 is 10.2 Å². The number of benzene rings is 1. The van der Waals surface area contributed by atoms with E-state index in [4.69, 9.17) is 0 Å². The molecule has 0 aromatic heterocycles. The molecule has 1 aliphatic heterocycles. The van der Waals surface area contributed by atoms with Crippen LogP contribution < -0.4 is 10.2 Å². The van der Waals surface area contributed by atoms with E-state index in [0.717, 1.165) is 31.6 Å². The molecule has 1 aromatic carbocycles. The molecule has 0 aliphatic carbocycles. The molecule has 0 fully saturated rings. The van der Waals surface area contributed by atoms with E-state index in [1.807, 2.05) is 31.2 Å². The number of anilines is 2. The number of likely N-dealkylation sites (N-methyl/N-ethyl adjacent to an activating group) is 1. The maximum absolute atomic E-state index is 12.9. The summed E-state index contributed by atoms with van der Waals surface area (Å²) in [5.41, 5.74) is 1.51. The number of carbonyl (C=O) groups is 2. The molecule has 1 aromatic rings. The van der Waals surface area contributed by atoms with Crippen LogP contribution >= 0.6 is 0 Å². The Morgan fingerprint density at radius 3 is 2.78 bits per heavy atom. The molecule has 23 heavy (non-hydrogen) atoms. The second kappa shape index (κ2) is 8.11. The van der Waals surface area contributed by atoms with Crippen molar-refractivity contribution in [3.05, 3.63) is 24.3 Å². The first-order chi connectivity index (χ1) is 11.1. The van der Waals surface area contributed by atoms with Gasteiger partial charge in [-0.1, -0.05) is 32.4 Å². The molecule has 2 rings (SSSR count). The van der Waals surface area contributed by atoms with Gasteiger partial charge in [0, 0.05) is 12.5 Å². The van der Waals surface area contributed by atoms with Gasteiger partial charge in [-0.15, -0.1) is 0 Å². The van der Waals surface area contributed by atoms with E-state index in [2.05, 4.69) is 24.1 Å². The van der Waals surface area contributed by atoms with Crippen molar-refractivity contribution in [3.8, 4) is 0 Å². The minimum absolute atomic E-state index is 0.0430. The molecule has 0 bridgehead atoms. The summed E-state index contributed by atoms with van der Waals surface area (Å²) in [6.45, 7) is 8.34. The van der Waals surface area contributed by atoms with Crippen LogP contribution in [0.15, 0.2) is 24.3 Å². The largest absolute Gasteiger partial charge is 0.324 e. The Balaban J connectivity index is 2.21. The van der Waals surface area contributed by atoms with Crippen LogP contribution in [-0.4, -0.2) is 42.4 Å². The third kappa shape index (κ3) is 4.32. The summed E-state index contributed by atoms with van der Waals surface area (Å²) in [5, 5.41) is 2.89. The maximum atomic E-state index is 12.9. The smallest absolute Gasteiger partial charge is 0.241 e. The van der Waals surface area contributed by atoms with Crippen molar-refractivity contribution in [3.63, 3.8) is 0 Å². The number of para-hydroxylation sites is 2. The normalized spacial score (nSPS) is 17.7. The highest BCUT2D eigenvalue weighted by molar-refractivity contribution is 6.04. The number of amides is 2. The lowest BCUT2D eigenvalue weighted by Crippen LogP contribution is -2.45. The van der Waals surface area contributed by atoms with Crippen LogP contribution in [0.1, 0.15) is 40.0 Å². The topological polar surface area (TPSA) is 52.7 Å². The van der Waals surface area contributed by atoms with E-state index < -0.39 is 0 Å². The Morgan fingerprint density at radius 2 is 2.09 bits per heavy atom. The van der Waals surface area contributed by atoms with Crippen LogP contribution in [0.25, 0.3) is 0 Å². The number of hydrogen-bond donors (Lipinski definition) is 1. The zero-order valence-corrected chi connectivity index (χ0v) is 14.3. The number of carbonyl (C=O) groups excluding carboxylic acids is 2. The van der Waals surface area contributed by atoms with Crippen molar-refractivity contribution >= 4 is 23.2 Å². The molecule has 2 amide bonds. The van der Waals surface area contributed by atoms with Gasteiger partial charge in [0.1, 0.15) is 0 Å². The quantitative estimate of drug-likeness (QED) is 0.878. The predicted molar refractivity (Wildman–Crippen MR) is 93.7 cm³/mol. The van der Waals surface area contributed by atoms with Gasteiger partial charge >= 0.3 is 0 Å². The van der Waals surface area contributed by atoms with Gasteiger partial charge in [-0.25, -0.2) is 0 Å². The molecule has 1 unspecified atom stereocenters. The Bertz CT molecular complexity index is 559. The summed E-state index contributed by atoms with van der Waals surface area (Å²) in [5.74, 6) is 0.0120. The molecule has 0 saturated carbocycles. The highest BCUT2D eigenvalue weighted by Crippen LogP contribution is 2.31. The van der Waals surface area contributed by atoms with E-state index >= 15 is 0 Å². The Hall–Kier alpha value is -1.88. The van der Waals surface area contributed by atoms with E-state index in [-0.39, 0.29) is 17.9 Å². The second-order valence-corrected chi connectivity index (χ2v) is 6.10. The summed E-state index contributed by atoms with van der Waals surface area (Å²) >= 11 is 0. The first kappa shape index (κ1) is 17.5. The molecular weight excluding hydrogens is 290 g/mol. The lowest BCUT2D eigenvalue weighted by atomic mass is 10.1. The van der Waals surface area contributed by atoms with Crippen molar-refractivity contribution in [1.82, 2.24) is 4.90 Å². The Labute approximate surface area is 138 Å². The van der Waals surface area contributed by atoms with Crippen molar-refractivity contribution in [1.29, 1.82) is 0 Å². The number of nitrogens with zero attached hydrogens (tertiary/aromatic N) is 2. The van der Waals surface area contributed by atoms with Crippen LogP contribution in [0.4, 0.5) is 11.4 Å². The summed E-state index contributed by atoms with van der Waals surface area (Å²) < 4.78 is 0. The third-order valence-corrected chi connectivity index (χ3v) is 4.26. The maximum Gasteiger partial charge on any atom is 0.241 e. The van der Waals surface area contributed by atoms with Gasteiger partial charge in [-0.3, -0.25) is 14.5 Å². The molecule has 0 radical (unpaired) electrons. The minimum Gasteiger partial charge on any atom is -0.324 e. The van der Waals surface area contributed by atoms with Gasteiger partial charge in [0.2, 0.25) is 11.8 Å². The molecule has 0 saturated heterocycles. The average molecular weight is 317 g/mol. The summed E-state index contributed by atoms with van der Waals surface area (Å²) in [7, 11) is 0. The molecule has 1 aliphatic rings. The molecule has 0 spiro atoms. The number of fused-ring (bicyclic) bond motifs is 1. The first-order valence-electron chi connectivity index (χ1n) is 8.50. The van der Waals surface area contributed by atoms with E-state index in [1.54, 1.807) is 4.90 Å². The predicted octanol–water partition coefficient (Wildman–Crippen LogP) is 2.87. The van der Waals surface area contributed by atoms with Gasteiger partial charge in [0.25, 0.3) is 0 Å². The van der Waals surface area contributed by atoms with Crippen molar-refractivity contribution < 1.29 is 9.59 Å². The molecule has 1 N–H and O–H groups in total. The van der Waals surface area contributed by atoms with Gasteiger partial charge in [0.05, 0.1) is 17.9 Å². The first-order valence-corrected chi connectivity index (χ1v) is 8.50. The number of hydrogen-bond acceptors (Lipinski definition) is 3. The fourth-order valence-electron chi connectivity index (χ4n) is 2.97. The fourth-order valence-corrected chi connectivity index (χ4v) is 2.97. The van der Waals surface area contributed by atoms with Crippen LogP contribution in [0, 0.1) is 0 Å². The second-order valence-electron chi connectivity index (χ2n) is 6.10. The average Bonchev–Trinajstić information content (AvgIpc) is 2.65. The minimum atomic E-state index is -0.143. The monoisotopic (exact) mass is 317 g/mol. The third-order valence-electron chi connectivity index (χ3n) is 4.26. The van der Waals surface area contributed by atoms with Crippen molar-refractivity contribution in [2.75, 3.05) is 29.9 Å².